The predicted octanol–water partition coefficient (Wildman–Crippen LogP) is 2.31. The van der Waals surface area contributed by atoms with E-state index in [-0.39, 0.29) is 34.8 Å². The molecule has 3 rings (SSSR count). The van der Waals surface area contributed by atoms with Crippen LogP contribution in [-0.2, 0) is 14.3 Å². The molecule has 2 aliphatic heterocycles. The van der Waals surface area contributed by atoms with E-state index in [1.54, 1.807) is 13.8 Å². The molecule has 0 saturated carbocycles. The number of carbonyl (C=O) groups excluding carboxylic acids is 3. The van der Waals surface area contributed by atoms with E-state index in [1.807, 2.05) is 0 Å². The van der Waals surface area contributed by atoms with Gasteiger partial charge >= 0.3 is 5.97 Å². The number of thioether (sulfide) groups is 1. The number of carbonyl (C=O) groups is 3. The fourth-order valence-corrected chi connectivity index (χ4v) is 3.26. The second-order valence-corrected chi connectivity index (χ2v) is 6.82. The van der Waals surface area contributed by atoms with Crippen LogP contribution in [0.3, 0.4) is 0 Å². The molecule has 1 aromatic rings. The molecule has 2 aliphatic rings. The first kappa shape index (κ1) is 18.7. The van der Waals surface area contributed by atoms with Gasteiger partial charge in [0.25, 0.3) is 16.8 Å². The number of hydrogen-bond donors (Lipinski definition) is 0. The molecule has 0 aromatic heterocycles. The molecular weight excluding hydrogens is 380 g/mol. The Kier molecular flexibility index (Phi) is 5.04. The van der Waals surface area contributed by atoms with Crippen LogP contribution in [0.1, 0.15) is 19.4 Å². The van der Waals surface area contributed by atoms with E-state index in [1.165, 1.54) is 18.2 Å². The molecule has 0 aliphatic carbocycles. The molecule has 0 atom stereocenters. The van der Waals surface area contributed by atoms with Crippen LogP contribution in [0.2, 0.25) is 0 Å². The van der Waals surface area contributed by atoms with Crippen LogP contribution in [0, 0.1) is 10.1 Å². The molecule has 27 heavy (non-hydrogen) atoms. The summed E-state index contributed by atoms with van der Waals surface area (Å²) in [7, 11) is 0. The van der Waals surface area contributed by atoms with Crippen molar-refractivity contribution in [3.05, 3.63) is 32.7 Å². The van der Waals surface area contributed by atoms with Gasteiger partial charge in [0.05, 0.1) is 27.6 Å². The normalized spacial score (nSPS) is 17.1. The van der Waals surface area contributed by atoms with Crippen molar-refractivity contribution in [2.75, 3.05) is 13.3 Å². The highest BCUT2D eigenvalue weighted by molar-refractivity contribution is 8.18. The lowest BCUT2D eigenvalue weighted by atomic mass is 10.1. The molecule has 1 saturated heterocycles. The zero-order valence-corrected chi connectivity index (χ0v) is 15.1. The Morgan fingerprint density at radius 3 is 2.67 bits per heavy atom. The van der Waals surface area contributed by atoms with Gasteiger partial charge in [0.2, 0.25) is 6.79 Å². The maximum absolute atomic E-state index is 12.4. The van der Waals surface area contributed by atoms with E-state index in [9.17, 15) is 24.5 Å². The molecule has 0 N–H and O–H groups in total. The molecule has 0 radical (unpaired) electrons. The summed E-state index contributed by atoms with van der Waals surface area (Å²) in [4.78, 5) is 47.6. The Balaban J connectivity index is 1.88. The van der Waals surface area contributed by atoms with Gasteiger partial charge in [-0.1, -0.05) is 0 Å². The smallest absolute Gasteiger partial charge is 0.326 e. The van der Waals surface area contributed by atoms with Crippen LogP contribution in [0.25, 0.3) is 6.08 Å². The molecule has 0 spiro atoms. The maximum atomic E-state index is 12.4. The minimum atomic E-state index is -0.724. The Morgan fingerprint density at radius 2 is 2.04 bits per heavy atom. The van der Waals surface area contributed by atoms with Crippen molar-refractivity contribution in [3.63, 3.8) is 0 Å². The third-order valence-corrected chi connectivity index (χ3v) is 4.44. The largest absolute Gasteiger partial charge is 0.462 e. The lowest BCUT2D eigenvalue weighted by Crippen LogP contribution is -2.35. The summed E-state index contributed by atoms with van der Waals surface area (Å²) >= 11 is 0.587. The number of esters is 1. The Labute approximate surface area is 157 Å². The number of ether oxygens (including phenoxy) is 3. The summed E-state index contributed by atoms with van der Waals surface area (Å²) in [5.41, 5.74) is -0.218. The highest BCUT2D eigenvalue weighted by atomic mass is 32.2. The zero-order chi connectivity index (χ0) is 19.7. The third-order valence-electron chi connectivity index (χ3n) is 3.53. The van der Waals surface area contributed by atoms with Crippen molar-refractivity contribution in [3.8, 4) is 11.5 Å². The van der Waals surface area contributed by atoms with Gasteiger partial charge in [0.1, 0.15) is 6.54 Å². The van der Waals surface area contributed by atoms with E-state index in [0.717, 1.165) is 4.90 Å². The standard InChI is InChI=1S/C16H14N2O8S/c1-8(2)26-14(19)6-17-15(20)13(27-16(17)21)4-9-3-11-12(25-7-24-11)5-10(9)18(22)23/h3-5,8H,6-7H2,1-2H3/b13-4-. The molecule has 10 nitrogen and oxygen atoms in total. The number of benzene rings is 1. The van der Waals surface area contributed by atoms with Crippen molar-refractivity contribution in [2.24, 2.45) is 0 Å². The zero-order valence-electron chi connectivity index (χ0n) is 14.3. The molecule has 0 bridgehead atoms. The summed E-state index contributed by atoms with van der Waals surface area (Å²) < 4.78 is 15.2. The summed E-state index contributed by atoms with van der Waals surface area (Å²) in [6.45, 7) is 2.70. The first-order valence-corrected chi connectivity index (χ1v) is 8.61. The first-order valence-electron chi connectivity index (χ1n) is 7.79. The van der Waals surface area contributed by atoms with Crippen LogP contribution in [0.5, 0.6) is 11.5 Å². The second kappa shape index (κ2) is 7.27. The monoisotopic (exact) mass is 394 g/mol. The SMILES string of the molecule is CC(C)OC(=O)CN1C(=O)S/C(=C\c2cc3c(cc2[N+](=O)[O-])OCO3)C1=O. The van der Waals surface area contributed by atoms with Crippen LogP contribution >= 0.6 is 11.8 Å². The minimum absolute atomic E-state index is 0.0423. The van der Waals surface area contributed by atoms with Crippen LogP contribution in [0.15, 0.2) is 17.0 Å². The molecule has 11 heteroatoms. The number of fused-ring (bicyclic) bond motifs is 1. The van der Waals surface area contributed by atoms with Crippen molar-refractivity contribution in [2.45, 2.75) is 20.0 Å². The highest BCUT2D eigenvalue weighted by Gasteiger charge is 2.37. The molecule has 142 valence electrons. The third kappa shape index (κ3) is 3.87. The minimum Gasteiger partial charge on any atom is -0.462 e. The summed E-state index contributed by atoms with van der Waals surface area (Å²) in [5.74, 6) is -0.921. The van der Waals surface area contributed by atoms with Gasteiger partial charge < -0.3 is 14.2 Å². The predicted molar refractivity (Wildman–Crippen MR) is 93.1 cm³/mol. The molecule has 2 heterocycles. The Bertz CT molecular complexity index is 879. The van der Waals surface area contributed by atoms with Crippen LogP contribution in [-0.4, -0.2) is 46.4 Å². The average Bonchev–Trinajstić information content (AvgIpc) is 3.13. The van der Waals surface area contributed by atoms with E-state index in [2.05, 4.69) is 0 Å². The first-order chi connectivity index (χ1) is 12.8. The van der Waals surface area contributed by atoms with Crippen molar-refractivity contribution < 1.29 is 33.5 Å². The summed E-state index contributed by atoms with van der Waals surface area (Å²) in [6.07, 6.45) is 0.836. The van der Waals surface area contributed by atoms with E-state index in [0.29, 0.717) is 17.5 Å². The van der Waals surface area contributed by atoms with Gasteiger partial charge in [-0.25, -0.2) is 0 Å². The maximum Gasteiger partial charge on any atom is 0.326 e. The highest BCUT2D eigenvalue weighted by Crippen LogP contribution is 2.40. The Hall–Kier alpha value is -3.08. The number of amides is 2. The molecule has 0 unspecified atom stereocenters. The molecule has 2 amide bonds. The average molecular weight is 394 g/mol. The fraction of sp³-hybridized carbons (Fsp3) is 0.312. The quantitative estimate of drug-likeness (QED) is 0.320. The van der Waals surface area contributed by atoms with Crippen LogP contribution < -0.4 is 9.47 Å². The molecule has 1 aromatic carbocycles. The number of nitrogens with zero attached hydrogens (tertiary/aromatic N) is 2. The van der Waals surface area contributed by atoms with Crippen molar-refractivity contribution >= 4 is 40.6 Å². The lowest BCUT2D eigenvalue weighted by Gasteiger charge is -2.13. The second-order valence-electron chi connectivity index (χ2n) is 5.83. The van der Waals surface area contributed by atoms with E-state index >= 15 is 0 Å². The van der Waals surface area contributed by atoms with Crippen molar-refractivity contribution in [1.29, 1.82) is 0 Å². The lowest BCUT2D eigenvalue weighted by molar-refractivity contribution is -0.385. The van der Waals surface area contributed by atoms with Gasteiger partial charge in [0.15, 0.2) is 11.5 Å². The van der Waals surface area contributed by atoms with Gasteiger partial charge in [-0.05, 0) is 37.8 Å². The Morgan fingerprint density at radius 1 is 1.37 bits per heavy atom. The van der Waals surface area contributed by atoms with E-state index < -0.39 is 28.6 Å². The number of rotatable bonds is 5. The van der Waals surface area contributed by atoms with Gasteiger partial charge in [-0.15, -0.1) is 0 Å². The summed E-state index contributed by atoms with van der Waals surface area (Å²) in [6, 6.07) is 2.56. The number of imide groups is 1. The number of hydrogen-bond acceptors (Lipinski definition) is 9. The molecule has 1 fully saturated rings. The fourth-order valence-electron chi connectivity index (χ4n) is 2.43. The van der Waals surface area contributed by atoms with Crippen LogP contribution in [0.4, 0.5) is 10.5 Å². The van der Waals surface area contributed by atoms with Crippen molar-refractivity contribution in [1.82, 2.24) is 4.90 Å². The van der Waals surface area contributed by atoms with Gasteiger partial charge in [0, 0.05) is 0 Å². The van der Waals surface area contributed by atoms with E-state index in [4.69, 9.17) is 14.2 Å². The number of nitro benzene ring substituents is 1. The van der Waals surface area contributed by atoms with Gasteiger partial charge in [-0.2, -0.15) is 0 Å². The topological polar surface area (TPSA) is 125 Å². The summed E-state index contributed by atoms with van der Waals surface area (Å²) in [5, 5.41) is 10.6. The van der Waals surface area contributed by atoms with Gasteiger partial charge in [-0.3, -0.25) is 29.4 Å². The molecular formula is C16H14N2O8S. The number of nitro groups is 1.